The zero-order valence-corrected chi connectivity index (χ0v) is 11.3. The largest absolute Gasteiger partial charge is 0.370 e. The second-order valence-electron chi connectivity index (χ2n) is 4.76. The molecule has 0 saturated carbocycles. The number of hydrogen-bond donors (Lipinski definition) is 1. The van der Waals surface area contributed by atoms with Crippen molar-refractivity contribution in [2.45, 2.75) is 13.3 Å². The molecule has 0 aromatic carbocycles. The van der Waals surface area contributed by atoms with Crippen LogP contribution in [0.25, 0.3) is 0 Å². The predicted octanol–water partition coefficient (Wildman–Crippen LogP) is 1.14. The third-order valence-corrected chi connectivity index (χ3v) is 5.01. The summed E-state index contributed by atoms with van der Waals surface area (Å²) in [6.45, 7) is 2.09. The Morgan fingerprint density at radius 3 is 2.89 bits per heavy atom. The van der Waals surface area contributed by atoms with Crippen LogP contribution in [0.2, 0.25) is 0 Å². The number of rotatable bonds is 4. The molecule has 1 aliphatic heterocycles. The van der Waals surface area contributed by atoms with Gasteiger partial charge in [0.1, 0.15) is 5.82 Å². The fourth-order valence-corrected chi connectivity index (χ4v) is 3.95. The summed E-state index contributed by atoms with van der Waals surface area (Å²) in [5.41, 5.74) is 0.510. The first-order valence-electron chi connectivity index (χ1n) is 5.93. The molecule has 8 heteroatoms. The molecule has 0 radical (unpaired) electrons. The molecule has 0 aliphatic carbocycles. The lowest BCUT2D eigenvalue weighted by atomic mass is 10.1. The van der Waals surface area contributed by atoms with E-state index in [0.717, 1.165) is 0 Å². The van der Waals surface area contributed by atoms with Gasteiger partial charge in [-0.3, -0.25) is 10.1 Å². The minimum atomic E-state index is -2.90. The lowest BCUT2D eigenvalue weighted by Crippen LogP contribution is -2.16. The van der Waals surface area contributed by atoms with Crippen molar-refractivity contribution >= 4 is 21.3 Å². The first-order chi connectivity index (χ1) is 8.87. The molecule has 1 N–H and O–H groups in total. The van der Waals surface area contributed by atoms with Crippen molar-refractivity contribution < 1.29 is 13.3 Å². The summed E-state index contributed by atoms with van der Waals surface area (Å²) in [7, 11) is -2.90. The van der Waals surface area contributed by atoms with Crippen LogP contribution >= 0.6 is 0 Å². The van der Waals surface area contributed by atoms with Crippen molar-refractivity contribution in [3.05, 3.63) is 27.9 Å². The summed E-state index contributed by atoms with van der Waals surface area (Å²) in [6.07, 6.45) is 2.06. The third kappa shape index (κ3) is 3.40. The average Bonchev–Trinajstić information content (AvgIpc) is 2.67. The first-order valence-corrected chi connectivity index (χ1v) is 7.75. The van der Waals surface area contributed by atoms with E-state index >= 15 is 0 Å². The molecule has 104 valence electrons. The van der Waals surface area contributed by atoms with Gasteiger partial charge in [0.15, 0.2) is 9.84 Å². The number of nitrogens with one attached hydrogen (secondary N) is 1. The number of sulfone groups is 1. The van der Waals surface area contributed by atoms with E-state index < -0.39 is 14.8 Å². The average molecular weight is 285 g/mol. The summed E-state index contributed by atoms with van der Waals surface area (Å²) in [5, 5.41) is 13.8. The number of nitrogens with zero attached hydrogens (tertiary/aromatic N) is 2. The Morgan fingerprint density at radius 2 is 2.32 bits per heavy atom. The molecule has 0 amide bonds. The molecule has 1 saturated heterocycles. The lowest BCUT2D eigenvalue weighted by molar-refractivity contribution is -0.385. The smallest absolute Gasteiger partial charge is 0.277 e. The maximum atomic E-state index is 11.3. The Labute approximate surface area is 111 Å². The van der Waals surface area contributed by atoms with Crippen LogP contribution in [0.15, 0.2) is 12.3 Å². The zero-order valence-electron chi connectivity index (χ0n) is 10.5. The van der Waals surface area contributed by atoms with Gasteiger partial charge in [-0.2, -0.15) is 0 Å². The van der Waals surface area contributed by atoms with Gasteiger partial charge >= 0.3 is 0 Å². The van der Waals surface area contributed by atoms with Crippen LogP contribution in [0.3, 0.4) is 0 Å². The summed E-state index contributed by atoms with van der Waals surface area (Å²) >= 11 is 0. The molecule has 2 heterocycles. The molecule has 2 rings (SSSR count). The first kappa shape index (κ1) is 13.7. The van der Waals surface area contributed by atoms with Gasteiger partial charge < -0.3 is 5.32 Å². The van der Waals surface area contributed by atoms with E-state index in [-0.39, 0.29) is 23.1 Å². The normalized spacial score (nSPS) is 21.2. The van der Waals surface area contributed by atoms with Gasteiger partial charge in [-0.1, -0.05) is 0 Å². The highest BCUT2D eigenvalue weighted by molar-refractivity contribution is 7.91. The molecule has 1 unspecified atom stereocenters. The predicted molar refractivity (Wildman–Crippen MR) is 70.9 cm³/mol. The monoisotopic (exact) mass is 285 g/mol. The van der Waals surface area contributed by atoms with Gasteiger partial charge in [0.2, 0.25) is 0 Å². The maximum Gasteiger partial charge on any atom is 0.277 e. The Morgan fingerprint density at radius 1 is 1.58 bits per heavy atom. The second-order valence-corrected chi connectivity index (χ2v) is 6.99. The van der Waals surface area contributed by atoms with E-state index in [0.29, 0.717) is 24.3 Å². The molecule has 0 spiro atoms. The lowest BCUT2D eigenvalue weighted by Gasteiger charge is -2.10. The van der Waals surface area contributed by atoms with E-state index in [4.69, 9.17) is 0 Å². The molecule has 0 bridgehead atoms. The van der Waals surface area contributed by atoms with E-state index in [2.05, 4.69) is 10.3 Å². The van der Waals surface area contributed by atoms with Crippen molar-refractivity contribution in [2.24, 2.45) is 5.92 Å². The van der Waals surface area contributed by atoms with Gasteiger partial charge in [-0.15, -0.1) is 0 Å². The van der Waals surface area contributed by atoms with Crippen LogP contribution in [-0.2, 0) is 9.84 Å². The molecule has 1 aromatic heterocycles. The van der Waals surface area contributed by atoms with E-state index in [1.165, 1.54) is 12.3 Å². The standard InChI is InChI=1S/C11H15N3O4S/c1-8-5-12-11(4-10(8)14(15)16)13-6-9-2-3-19(17,18)7-9/h4-5,9H,2-3,6-7H2,1H3,(H,12,13). The maximum absolute atomic E-state index is 11.3. The number of hydrogen-bond acceptors (Lipinski definition) is 6. The number of nitro groups is 1. The van der Waals surface area contributed by atoms with Crippen molar-refractivity contribution in [2.75, 3.05) is 23.4 Å². The quantitative estimate of drug-likeness (QED) is 0.657. The van der Waals surface area contributed by atoms with Gasteiger partial charge in [-0.25, -0.2) is 13.4 Å². The van der Waals surface area contributed by atoms with Crippen LogP contribution in [0.4, 0.5) is 11.5 Å². The van der Waals surface area contributed by atoms with Crippen molar-refractivity contribution in [3.8, 4) is 0 Å². The third-order valence-electron chi connectivity index (χ3n) is 3.17. The molecule has 19 heavy (non-hydrogen) atoms. The fraction of sp³-hybridized carbons (Fsp3) is 0.545. The Hall–Kier alpha value is -1.70. The van der Waals surface area contributed by atoms with E-state index in [9.17, 15) is 18.5 Å². The van der Waals surface area contributed by atoms with Gasteiger partial charge in [0.05, 0.1) is 22.5 Å². The summed E-state index contributed by atoms with van der Waals surface area (Å²) in [4.78, 5) is 14.4. The fourth-order valence-electron chi connectivity index (χ4n) is 2.09. The molecular formula is C11H15N3O4S. The number of anilines is 1. The minimum absolute atomic E-state index is 0.0107. The minimum Gasteiger partial charge on any atom is -0.370 e. The second kappa shape index (κ2) is 5.12. The van der Waals surface area contributed by atoms with Crippen LogP contribution in [0, 0.1) is 23.0 Å². The van der Waals surface area contributed by atoms with Gasteiger partial charge in [0.25, 0.3) is 5.69 Å². The van der Waals surface area contributed by atoms with Crippen molar-refractivity contribution in [3.63, 3.8) is 0 Å². The van der Waals surface area contributed by atoms with Crippen molar-refractivity contribution in [1.29, 1.82) is 0 Å². The molecule has 1 aliphatic rings. The highest BCUT2D eigenvalue weighted by Gasteiger charge is 2.27. The molecule has 7 nitrogen and oxygen atoms in total. The molecule has 1 atom stereocenters. The van der Waals surface area contributed by atoms with E-state index in [1.54, 1.807) is 6.92 Å². The molecule has 1 fully saturated rings. The highest BCUT2D eigenvalue weighted by atomic mass is 32.2. The Balaban J connectivity index is 2.01. The van der Waals surface area contributed by atoms with Crippen LogP contribution in [0.1, 0.15) is 12.0 Å². The van der Waals surface area contributed by atoms with Crippen LogP contribution in [0.5, 0.6) is 0 Å². The summed E-state index contributed by atoms with van der Waals surface area (Å²) < 4.78 is 22.6. The zero-order chi connectivity index (χ0) is 14.0. The highest BCUT2D eigenvalue weighted by Crippen LogP contribution is 2.22. The van der Waals surface area contributed by atoms with Gasteiger partial charge in [-0.05, 0) is 19.3 Å². The SMILES string of the molecule is Cc1cnc(NCC2CCS(=O)(=O)C2)cc1[N+](=O)[O-]. The Kier molecular flexibility index (Phi) is 3.70. The van der Waals surface area contributed by atoms with Crippen LogP contribution < -0.4 is 5.32 Å². The molecular weight excluding hydrogens is 270 g/mol. The van der Waals surface area contributed by atoms with E-state index in [1.807, 2.05) is 0 Å². The number of aryl methyl sites for hydroxylation is 1. The molecule has 1 aromatic rings. The van der Waals surface area contributed by atoms with Crippen LogP contribution in [-0.4, -0.2) is 36.4 Å². The Bertz CT molecular complexity index is 600. The number of pyridine rings is 1. The number of aromatic nitrogens is 1. The summed E-state index contributed by atoms with van der Waals surface area (Å²) in [5.74, 6) is 0.850. The summed E-state index contributed by atoms with van der Waals surface area (Å²) in [6, 6.07) is 1.37. The topological polar surface area (TPSA) is 102 Å². The van der Waals surface area contributed by atoms with Crippen molar-refractivity contribution in [1.82, 2.24) is 4.98 Å². The van der Waals surface area contributed by atoms with Gasteiger partial charge in [0, 0.05) is 18.3 Å².